The molecule has 0 bridgehead atoms. The fraction of sp³-hybridized carbons (Fsp3) is 0.391. The van der Waals surface area contributed by atoms with Gasteiger partial charge in [-0.15, -0.1) is 0 Å². The Kier molecular flexibility index (Phi) is 5.28. The Labute approximate surface area is 172 Å². The van der Waals surface area contributed by atoms with E-state index in [1.165, 1.54) is 0 Å². The molecule has 2 aromatic rings. The minimum absolute atomic E-state index is 0.115. The second-order valence-corrected chi connectivity index (χ2v) is 10.2. The topological polar surface area (TPSA) is 82.8 Å². The van der Waals surface area contributed by atoms with Gasteiger partial charge in [-0.05, 0) is 48.3 Å². The number of hydrogen-bond acceptors (Lipinski definition) is 4. The van der Waals surface area contributed by atoms with Crippen molar-refractivity contribution in [1.29, 1.82) is 5.26 Å². The molecule has 6 heteroatoms. The zero-order valence-corrected chi connectivity index (χ0v) is 17.4. The highest BCUT2D eigenvalue weighted by Gasteiger charge is 2.49. The third-order valence-electron chi connectivity index (χ3n) is 6.63. The van der Waals surface area contributed by atoms with Crippen LogP contribution in [0.1, 0.15) is 31.5 Å². The van der Waals surface area contributed by atoms with Crippen LogP contribution in [0.15, 0.2) is 48.7 Å². The second kappa shape index (κ2) is 7.74. The smallest absolute Gasteiger partial charge is 0.214 e. The molecule has 1 aromatic heterocycles. The Balaban J connectivity index is 1.56. The van der Waals surface area contributed by atoms with Gasteiger partial charge in [0.1, 0.15) is 0 Å². The Morgan fingerprint density at radius 2 is 2.00 bits per heavy atom. The summed E-state index contributed by atoms with van der Waals surface area (Å²) < 4.78 is 27.4. The van der Waals surface area contributed by atoms with E-state index in [9.17, 15) is 13.7 Å². The molecule has 0 unspecified atom stereocenters. The van der Waals surface area contributed by atoms with Crippen molar-refractivity contribution >= 4 is 16.1 Å². The fourth-order valence-electron chi connectivity index (χ4n) is 4.74. The summed E-state index contributed by atoms with van der Waals surface area (Å²) in [6.07, 6.45) is 6.66. The monoisotopic (exact) mass is 407 g/mol. The zero-order valence-electron chi connectivity index (χ0n) is 16.6. The van der Waals surface area contributed by atoms with Gasteiger partial charge < -0.3 is 0 Å². The van der Waals surface area contributed by atoms with Gasteiger partial charge in [0.05, 0.1) is 22.6 Å². The average Bonchev–Trinajstić information content (AvgIpc) is 3.03. The number of aromatic nitrogens is 1. The SMILES string of the molecule is C[C@H]1[C@H](/C=C/c2ccc(-c3ccccc3C#N)cn2)[C@H]2CNS(=O)(=O)[C@H]2C[C@@H]1C. The van der Waals surface area contributed by atoms with Gasteiger partial charge in [-0.25, -0.2) is 13.1 Å². The van der Waals surface area contributed by atoms with Crippen LogP contribution >= 0.6 is 0 Å². The largest absolute Gasteiger partial charge is 0.256 e. The Morgan fingerprint density at radius 1 is 1.21 bits per heavy atom. The summed E-state index contributed by atoms with van der Waals surface area (Å²) in [6, 6.07) is 13.6. The number of hydrogen-bond donors (Lipinski definition) is 1. The van der Waals surface area contributed by atoms with E-state index in [2.05, 4.69) is 35.7 Å². The highest BCUT2D eigenvalue weighted by molar-refractivity contribution is 7.90. The van der Waals surface area contributed by atoms with Gasteiger partial charge in [-0.2, -0.15) is 5.26 Å². The number of nitriles is 1. The number of sulfonamides is 1. The number of fused-ring (bicyclic) bond motifs is 1. The first-order valence-electron chi connectivity index (χ1n) is 10.0. The molecule has 2 aliphatic rings. The average molecular weight is 408 g/mol. The maximum absolute atomic E-state index is 12.3. The van der Waals surface area contributed by atoms with Crippen molar-refractivity contribution in [1.82, 2.24) is 9.71 Å². The molecule has 1 N–H and O–H groups in total. The minimum Gasteiger partial charge on any atom is -0.256 e. The Morgan fingerprint density at radius 3 is 2.72 bits per heavy atom. The van der Waals surface area contributed by atoms with Gasteiger partial charge in [0.25, 0.3) is 0 Å². The molecule has 2 fully saturated rings. The van der Waals surface area contributed by atoms with Crippen LogP contribution in [-0.2, 0) is 10.0 Å². The number of nitrogens with one attached hydrogen (secondary N) is 1. The van der Waals surface area contributed by atoms with E-state index in [1.807, 2.05) is 36.4 Å². The Hall–Kier alpha value is -2.49. The summed E-state index contributed by atoms with van der Waals surface area (Å²) in [5.74, 6) is 1.10. The molecule has 1 saturated carbocycles. The molecule has 2 heterocycles. The predicted octanol–water partition coefficient (Wildman–Crippen LogP) is 3.84. The predicted molar refractivity (Wildman–Crippen MR) is 114 cm³/mol. The molecule has 5 atom stereocenters. The molecule has 29 heavy (non-hydrogen) atoms. The number of allylic oxidation sites excluding steroid dienone is 1. The van der Waals surface area contributed by atoms with E-state index >= 15 is 0 Å². The minimum atomic E-state index is -3.19. The summed E-state index contributed by atoms with van der Waals surface area (Å²) in [5, 5.41) is 9.00. The lowest BCUT2D eigenvalue weighted by molar-refractivity contribution is 0.163. The zero-order chi connectivity index (χ0) is 20.6. The number of pyridine rings is 1. The summed E-state index contributed by atoms with van der Waals surface area (Å²) in [6.45, 7) is 4.89. The molecule has 150 valence electrons. The van der Waals surface area contributed by atoms with Gasteiger partial charge in [-0.1, -0.05) is 44.2 Å². The molecule has 4 rings (SSSR count). The number of rotatable bonds is 3. The van der Waals surface area contributed by atoms with Crippen molar-refractivity contribution in [3.8, 4) is 17.2 Å². The first-order valence-corrected chi connectivity index (χ1v) is 11.6. The molecule has 0 spiro atoms. The third kappa shape index (κ3) is 3.73. The van der Waals surface area contributed by atoms with E-state index < -0.39 is 10.0 Å². The van der Waals surface area contributed by atoms with Gasteiger partial charge in [0.15, 0.2) is 0 Å². The molecule has 5 nitrogen and oxygen atoms in total. The van der Waals surface area contributed by atoms with E-state index in [-0.39, 0.29) is 17.1 Å². The van der Waals surface area contributed by atoms with Crippen LogP contribution in [0, 0.1) is 35.0 Å². The summed E-state index contributed by atoms with van der Waals surface area (Å²) in [4.78, 5) is 4.54. The number of nitrogens with zero attached hydrogens (tertiary/aromatic N) is 2. The van der Waals surface area contributed by atoms with Gasteiger partial charge >= 0.3 is 0 Å². The molecule has 0 radical (unpaired) electrons. The van der Waals surface area contributed by atoms with Crippen molar-refractivity contribution in [2.75, 3.05) is 6.54 Å². The van der Waals surface area contributed by atoms with E-state index in [0.29, 0.717) is 23.9 Å². The normalized spacial score (nSPS) is 30.7. The highest BCUT2D eigenvalue weighted by atomic mass is 32.2. The lowest BCUT2D eigenvalue weighted by atomic mass is 9.67. The van der Waals surface area contributed by atoms with Crippen molar-refractivity contribution in [2.24, 2.45) is 23.7 Å². The first kappa shape index (κ1) is 19.8. The third-order valence-corrected chi connectivity index (χ3v) is 8.54. The van der Waals surface area contributed by atoms with Gasteiger partial charge in [0.2, 0.25) is 10.0 Å². The van der Waals surface area contributed by atoms with Crippen molar-refractivity contribution in [2.45, 2.75) is 25.5 Å². The van der Waals surface area contributed by atoms with E-state index in [1.54, 1.807) is 12.3 Å². The summed E-state index contributed by atoms with van der Waals surface area (Å²) in [7, 11) is -3.19. The van der Waals surface area contributed by atoms with E-state index in [4.69, 9.17) is 0 Å². The number of benzene rings is 1. The summed E-state index contributed by atoms with van der Waals surface area (Å²) >= 11 is 0. The maximum Gasteiger partial charge on any atom is 0.214 e. The van der Waals surface area contributed by atoms with Crippen molar-refractivity contribution in [3.63, 3.8) is 0 Å². The molecule has 1 saturated heterocycles. The lowest BCUT2D eigenvalue weighted by Crippen LogP contribution is -2.40. The molecule has 0 amide bonds. The van der Waals surface area contributed by atoms with E-state index in [0.717, 1.165) is 23.2 Å². The van der Waals surface area contributed by atoms with Crippen LogP contribution in [0.2, 0.25) is 0 Å². The molecule has 1 aliphatic heterocycles. The molecule has 1 aromatic carbocycles. The Bertz CT molecular complexity index is 1070. The first-order chi connectivity index (χ1) is 13.9. The standard InChI is InChI=1S/C23H25N3O2S/c1-15-11-23-22(14-26-29(23,27)28)20(16(15)2)10-9-19-8-7-18(13-25-19)21-6-4-3-5-17(21)12-24/h3-10,13,15-16,20,22-23,26H,11,14H2,1-2H3/b10-9+/t15-,16+,20-,22+,23-/m0/s1. The van der Waals surface area contributed by atoms with Gasteiger partial charge in [0, 0.05) is 23.9 Å². The molecular formula is C23H25N3O2S. The highest BCUT2D eigenvalue weighted by Crippen LogP contribution is 2.44. The van der Waals surface area contributed by atoms with Crippen LogP contribution in [0.3, 0.4) is 0 Å². The summed E-state index contributed by atoms with van der Waals surface area (Å²) in [5.41, 5.74) is 3.24. The van der Waals surface area contributed by atoms with Crippen molar-refractivity contribution < 1.29 is 8.42 Å². The van der Waals surface area contributed by atoms with Crippen LogP contribution in [0.4, 0.5) is 0 Å². The van der Waals surface area contributed by atoms with Gasteiger partial charge in [-0.3, -0.25) is 4.98 Å². The fourth-order valence-corrected chi connectivity index (χ4v) is 6.67. The van der Waals surface area contributed by atoms with Crippen molar-refractivity contribution in [3.05, 3.63) is 59.9 Å². The maximum atomic E-state index is 12.3. The second-order valence-electron chi connectivity index (χ2n) is 8.23. The molecule has 1 aliphatic carbocycles. The van der Waals surface area contributed by atoms with Crippen LogP contribution < -0.4 is 4.72 Å². The quantitative estimate of drug-likeness (QED) is 0.838. The van der Waals surface area contributed by atoms with Crippen LogP contribution in [-0.4, -0.2) is 25.2 Å². The van der Waals surface area contributed by atoms with Crippen LogP contribution in [0.5, 0.6) is 0 Å². The van der Waals surface area contributed by atoms with Crippen LogP contribution in [0.25, 0.3) is 17.2 Å². The molecular weight excluding hydrogens is 382 g/mol. The lowest BCUT2D eigenvalue weighted by Gasteiger charge is -2.39.